The highest BCUT2D eigenvalue weighted by molar-refractivity contribution is 5.82. The maximum absolute atomic E-state index is 10.2. The molecule has 0 bridgehead atoms. The van der Waals surface area contributed by atoms with Crippen LogP contribution in [0.15, 0.2) is 42.5 Å². The second-order valence-electron chi connectivity index (χ2n) is 5.23. The molecule has 0 N–H and O–H groups in total. The maximum atomic E-state index is 10.2. The van der Waals surface area contributed by atoms with E-state index in [1.54, 1.807) is 0 Å². The van der Waals surface area contributed by atoms with Crippen LogP contribution in [0.3, 0.4) is 0 Å². The quantitative estimate of drug-likeness (QED) is 0.459. The Morgan fingerprint density at radius 1 is 1.10 bits per heavy atom. The lowest BCUT2D eigenvalue weighted by atomic mass is 10.1. The van der Waals surface area contributed by atoms with Crippen molar-refractivity contribution in [2.24, 2.45) is 0 Å². The molecule has 2 nitrogen and oxygen atoms in total. The van der Waals surface area contributed by atoms with E-state index in [0.29, 0.717) is 12.8 Å². The van der Waals surface area contributed by atoms with E-state index >= 15 is 0 Å². The van der Waals surface area contributed by atoms with Gasteiger partial charge in [0.15, 0.2) is 0 Å². The lowest BCUT2D eigenvalue weighted by Gasteiger charge is -2.13. The van der Waals surface area contributed by atoms with Gasteiger partial charge in [-0.1, -0.05) is 48.4 Å². The van der Waals surface area contributed by atoms with Gasteiger partial charge in [0.05, 0.1) is 6.54 Å². The molecule has 21 heavy (non-hydrogen) atoms. The number of nitrogens with zero attached hydrogens (tertiary/aromatic N) is 1. The molecule has 0 radical (unpaired) electrons. The van der Waals surface area contributed by atoms with Crippen molar-refractivity contribution in [2.45, 2.75) is 19.3 Å². The molecule has 0 fully saturated rings. The molecular formula is C19H21NO. The zero-order chi connectivity index (χ0) is 14.9. The average molecular weight is 279 g/mol. The van der Waals surface area contributed by atoms with Crippen molar-refractivity contribution in [3.63, 3.8) is 0 Å². The number of rotatable bonds is 6. The van der Waals surface area contributed by atoms with Gasteiger partial charge in [-0.3, -0.25) is 4.90 Å². The number of hydrogen-bond donors (Lipinski definition) is 0. The summed E-state index contributed by atoms with van der Waals surface area (Å²) in [5, 5.41) is 2.59. The van der Waals surface area contributed by atoms with Gasteiger partial charge in [0.1, 0.15) is 6.29 Å². The zero-order valence-electron chi connectivity index (χ0n) is 12.5. The van der Waals surface area contributed by atoms with Crippen LogP contribution in [0.2, 0.25) is 0 Å². The Hall–Kier alpha value is -2.11. The summed E-state index contributed by atoms with van der Waals surface area (Å²) in [7, 11) is 2.08. The Balaban J connectivity index is 1.83. The third-order valence-corrected chi connectivity index (χ3v) is 3.46. The summed E-state index contributed by atoms with van der Waals surface area (Å²) in [6.45, 7) is 1.74. The second kappa shape index (κ2) is 8.24. The van der Waals surface area contributed by atoms with Gasteiger partial charge in [-0.25, -0.2) is 0 Å². The van der Waals surface area contributed by atoms with Gasteiger partial charge in [-0.05, 0) is 29.8 Å². The van der Waals surface area contributed by atoms with Gasteiger partial charge in [-0.15, -0.1) is 5.92 Å². The zero-order valence-corrected chi connectivity index (χ0v) is 12.5. The van der Waals surface area contributed by atoms with E-state index < -0.39 is 0 Å². The summed E-state index contributed by atoms with van der Waals surface area (Å²) < 4.78 is 0. The molecule has 0 unspecified atom stereocenters. The second-order valence-corrected chi connectivity index (χ2v) is 5.23. The summed E-state index contributed by atoms with van der Waals surface area (Å²) in [5.74, 6) is 6.12. The van der Waals surface area contributed by atoms with Gasteiger partial charge in [0.25, 0.3) is 0 Å². The molecule has 2 aromatic carbocycles. The minimum Gasteiger partial charge on any atom is -0.303 e. The van der Waals surface area contributed by atoms with E-state index in [9.17, 15) is 4.79 Å². The molecule has 0 spiro atoms. The largest absolute Gasteiger partial charge is 0.303 e. The van der Waals surface area contributed by atoms with Crippen LogP contribution in [0.5, 0.6) is 0 Å². The van der Waals surface area contributed by atoms with Crippen molar-refractivity contribution in [3.8, 4) is 11.8 Å². The summed E-state index contributed by atoms with van der Waals surface area (Å²) in [6.07, 6.45) is 3.14. The summed E-state index contributed by atoms with van der Waals surface area (Å²) in [6, 6.07) is 15.1. The third-order valence-electron chi connectivity index (χ3n) is 3.46. The van der Waals surface area contributed by atoms with Crippen molar-refractivity contribution in [1.82, 2.24) is 4.90 Å². The van der Waals surface area contributed by atoms with Crippen LogP contribution in [-0.4, -0.2) is 31.3 Å². The van der Waals surface area contributed by atoms with Crippen molar-refractivity contribution < 1.29 is 4.79 Å². The predicted molar refractivity (Wildman–Crippen MR) is 88.2 cm³/mol. The Bertz CT molecular complexity index is 651. The van der Waals surface area contributed by atoms with E-state index in [1.165, 1.54) is 16.3 Å². The van der Waals surface area contributed by atoms with E-state index in [4.69, 9.17) is 0 Å². The summed E-state index contributed by atoms with van der Waals surface area (Å²) in [5.41, 5.74) is 1.36. The van der Waals surface area contributed by atoms with Gasteiger partial charge in [0, 0.05) is 19.4 Å². The van der Waals surface area contributed by atoms with Gasteiger partial charge in [-0.2, -0.15) is 0 Å². The lowest BCUT2D eigenvalue weighted by molar-refractivity contribution is -0.107. The molecule has 108 valence electrons. The van der Waals surface area contributed by atoms with Crippen LogP contribution in [0.4, 0.5) is 0 Å². The topological polar surface area (TPSA) is 20.3 Å². The minimum atomic E-state index is 0.536. The first kappa shape index (κ1) is 15.3. The molecule has 2 heteroatoms. The third kappa shape index (κ3) is 5.06. The Morgan fingerprint density at radius 3 is 2.71 bits per heavy atom. The molecule has 0 saturated heterocycles. The number of carbonyl (C=O) groups excluding carboxylic acids is 1. The molecular weight excluding hydrogens is 258 g/mol. The number of aldehydes is 1. The first-order chi connectivity index (χ1) is 10.3. The number of benzene rings is 2. The summed E-state index contributed by atoms with van der Waals surface area (Å²) >= 11 is 0. The van der Waals surface area contributed by atoms with E-state index in [1.807, 2.05) is 0 Å². The van der Waals surface area contributed by atoms with Crippen molar-refractivity contribution in [1.29, 1.82) is 0 Å². The van der Waals surface area contributed by atoms with E-state index in [0.717, 1.165) is 25.8 Å². The van der Waals surface area contributed by atoms with Crippen LogP contribution in [0.1, 0.15) is 18.4 Å². The molecule has 0 amide bonds. The molecule has 0 aliphatic heterocycles. The highest BCUT2D eigenvalue weighted by Crippen LogP contribution is 2.15. The smallest absolute Gasteiger partial charge is 0.120 e. The average Bonchev–Trinajstić information content (AvgIpc) is 2.52. The number of unbranched alkanes of at least 4 members (excludes halogenated alkanes) is 1. The molecule has 0 aliphatic rings. The van der Waals surface area contributed by atoms with E-state index in [2.05, 4.69) is 66.3 Å². The normalized spacial score (nSPS) is 10.4. The minimum absolute atomic E-state index is 0.536. The van der Waals surface area contributed by atoms with Crippen molar-refractivity contribution in [2.75, 3.05) is 20.1 Å². The number of hydrogen-bond acceptors (Lipinski definition) is 2. The van der Waals surface area contributed by atoms with Crippen LogP contribution in [0, 0.1) is 11.8 Å². The Labute approximate surface area is 126 Å². The van der Waals surface area contributed by atoms with Crippen LogP contribution in [-0.2, 0) is 11.2 Å². The molecule has 0 atom stereocenters. The molecule has 0 aromatic heterocycles. The molecule has 2 rings (SSSR count). The highest BCUT2D eigenvalue weighted by Gasteiger charge is 1.99. The van der Waals surface area contributed by atoms with Gasteiger partial charge >= 0.3 is 0 Å². The van der Waals surface area contributed by atoms with E-state index in [-0.39, 0.29) is 0 Å². The van der Waals surface area contributed by atoms with Crippen LogP contribution in [0.25, 0.3) is 10.8 Å². The van der Waals surface area contributed by atoms with Crippen LogP contribution < -0.4 is 0 Å². The Kier molecular flexibility index (Phi) is 5.99. The standard InChI is InChI=1S/C19H21NO/c1-20(13-6-2-3-7-15-21)14-12-17-10-11-18-8-4-5-9-19(18)16-17/h4-5,8-11,15-16H,3,7,12-14H2,1H3. The molecule has 0 aliphatic carbocycles. The predicted octanol–water partition coefficient (Wildman–Crippen LogP) is 3.30. The SMILES string of the molecule is CN(CC#CCCC=O)CCc1ccc2ccccc2c1. The number of fused-ring (bicyclic) bond motifs is 1. The Morgan fingerprint density at radius 2 is 1.90 bits per heavy atom. The van der Waals surface area contributed by atoms with Crippen molar-refractivity contribution in [3.05, 3.63) is 48.0 Å². The number of carbonyl (C=O) groups is 1. The first-order valence-corrected chi connectivity index (χ1v) is 7.35. The molecule has 0 heterocycles. The number of likely N-dealkylation sites (N-methyl/N-ethyl adjacent to an activating group) is 1. The monoisotopic (exact) mass is 279 g/mol. The van der Waals surface area contributed by atoms with Gasteiger partial charge in [0.2, 0.25) is 0 Å². The van der Waals surface area contributed by atoms with Crippen LogP contribution >= 0.6 is 0 Å². The molecule has 0 saturated carbocycles. The fourth-order valence-electron chi connectivity index (χ4n) is 2.20. The first-order valence-electron chi connectivity index (χ1n) is 7.35. The van der Waals surface area contributed by atoms with Gasteiger partial charge < -0.3 is 4.79 Å². The lowest BCUT2D eigenvalue weighted by Crippen LogP contribution is -2.21. The summed E-state index contributed by atoms with van der Waals surface area (Å²) in [4.78, 5) is 12.4. The molecule has 2 aromatic rings. The highest BCUT2D eigenvalue weighted by atomic mass is 16.1. The van der Waals surface area contributed by atoms with Crippen molar-refractivity contribution >= 4 is 17.1 Å². The fourth-order valence-corrected chi connectivity index (χ4v) is 2.20. The fraction of sp³-hybridized carbons (Fsp3) is 0.316. The maximum Gasteiger partial charge on any atom is 0.120 e.